The monoisotopic (exact) mass is 325 g/mol. The summed E-state index contributed by atoms with van der Waals surface area (Å²) in [5.74, 6) is 0.668. The molecule has 0 aromatic heterocycles. The smallest absolute Gasteiger partial charge is 0.263 e. The lowest BCUT2D eigenvalue weighted by molar-refractivity contribution is -0.149. The highest BCUT2D eigenvalue weighted by molar-refractivity contribution is 6.32. The zero-order valence-corrected chi connectivity index (χ0v) is 14.6. The molecule has 1 aliphatic heterocycles. The van der Waals surface area contributed by atoms with Crippen molar-refractivity contribution in [3.63, 3.8) is 0 Å². The Morgan fingerprint density at radius 3 is 2.27 bits per heavy atom. The quantitative estimate of drug-likeness (QED) is 0.855. The average Bonchev–Trinajstić information content (AvgIpc) is 2.42. The van der Waals surface area contributed by atoms with E-state index in [1.54, 1.807) is 6.92 Å². The Morgan fingerprint density at radius 1 is 1.27 bits per heavy atom. The normalized spacial score (nSPS) is 23.3. The molecule has 2 rings (SSSR count). The van der Waals surface area contributed by atoms with Crippen LogP contribution in [-0.4, -0.2) is 42.2 Å². The van der Waals surface area contributed by atoms with Crippen molar-refractivity contribution in [2.75, 3.05) is 13.1 Å². The summed E-state index contributed by atoms with van der Waals surface area (Å²) in [5.41, 5.74) is 1.90. The van der Waals surface area contributed by atoms with Crippen molar-refractivity contribution in [2.24, 2.45) is 0 Å². The number of carbonyl (C=O) groups excluding carboxylic acids is 1. The van der Waals surface area contributed by atoms with Gasteiger partial charge >= 0.3 is 0 Å². The molecule has 0 aliphatic carbocycles. The van der Waals surface area contributed by atoms with E-state index < -0.39 is 6.10 Å². The van der Waals surface area contributed by atoms with E-state index in [0.29, 0.717) is 18.8 Å². The van der Waals surface area contributed by atoms with Crippen LogP contribution in [0.25, 0.3) is 0 Å². The lowest BCUT2D eigenvalue weighted by Gasteiger charge is -2.36. The van der Waals surface area contributed by atoms with Crippen molar-refractivity contribution < 1.29 is 14.3 Å². The van der Waals surface area contributed by atoms with Gasteiger partial charge in [0.1, 0.15) is 5.75 Å². The van der Waals surface area contributed by atoms with E-state index in [2.05, 4.69) is 0 Å². The zero-order chi connectivity index (χ0) is 16.4. The van der Waals surface area contributed by atoms with Gasteiger partial charge in [-0.3, -0.25) is 4.79 Å². The van der Waals surface area contributed by atoms with Gasteiger partial charge in [-0.1, -0.05) is 11.6 Å². The molecular formula is C17H24ClNO3. The number of halogens is 1. The summed E-state index contributed by atoms with van der Waals surface area (Å²) in [4.78, 5) is 14.4. The van der Waals surface area contributed by atoms with E-state index >= 15 is 0 Å². The van der Waals surface area contributed by atoms with Crippen LogP contribution in [0.1, 0.15) is 31.9 Å². The van der Waals surface area contributed by atoms with Gasteiger partial charge in [0.25, 0.3) is 5.91 Å². The molecule has 5 heteroatoms. The van der Waals surface area contributed by atoms with Crippen molar-refractivity contribution in [2.45, 2.75) is 52.9 Å². The number of ether oxygens (including phenoxy) is 2. The Balaban J connectivity index is 2.05. The molecule has 1 aliphatic rings. The molecule has 0 unspecified atom stereocenters. The van der Waals surface area contributed by atoms with Crippen LogP contribution in [0, 0.1) is 13.8 Å². The number of amides is 1. The Labute approximate surface area is 137 Å². The third-order valence-corrected chi connectivity index (χ3v) is 4.40. The molecular weight excluding hydrogens is 302 g/mol. The van der Waals surface area contributed by atoms with Gasteiger partial charge in [0.15, 0.2) is 6.10 Å². The third kappa shape index (κ3) is 3.93. The van der Waals surface area contributed by atoms with Crippen molar-refractivity contribution >= 4 is 17.5 Å². The first-order chi connectivity index (χ1) is 10.3. The SMILES string of the molecule is Cc1cc(O[C@@H](C)C(=O)N2C[C@H](C)O[C@@H](C)C2)cc(C)c1Cl. The molecule has 0 radical (unpaired) electrons. The number of nitrogens with zero attached hydrogens (tertiary/aromatic N) is 1. The maximum atomic E-state index is 12.5. The van der Waals surface area contributed by atoms with Crippen LogP contribution in [0.2, 0.25) is 5.02 Å². The van der Waals surface area contributed by atoms with Crippen LogP contribution < -0.4 is 4.74 Å². The number of hydrogen-bond donors (Lipinski definition) is 0. The number of carbonyl (C=O) groups is 1. The van der Waals surface area contributed by atoms with Gasteiger partial charge in [-0.15, -0.1) is 0 Å². The van der Waals surface area contributed by atoms with Crippen molar-refractivity contribution in [1.29, 1.82) is 0 Å². The molecule has 1 fully saturated rings. The molecule has 1 amide bonds. The Bertz CT molecular complexity index is 528. The molecule has 1 heterocycles. The van der Waals surface area contributed by atoms with E-state index in [4.69, 9.17) is 21.1 Å². The molecule has 1 saturated heterocycles. The second kappa shape index (κ2) is 6.88. The zero-order valence-electron chi connectivity index (χ0n) is 13.9. The number of hydrogen-bond acceptors (Lipinski definition) is 3. The molecule has 3 atom stereocenters. The summed E-state index contributed by atoms with van der Waals surface area (Å²) in [7, 11) is 0. The summed E-state index contributed by atoms with van der Waals surface area (Å²) in [5, 5.41) is 0.738. The minimum atomic E-state index is -0.530. The molecule has 4 nitrogen and oxygen atoms in total. The van der Waals surface area contributed by atoms with Crippen LogP contribution >= 0.6 is 11.6 Å². The highest BCUT2D eigenvalue weighted by Crippen LogP contribution is 2.26. The van der Waals surface area contributed by atoms with E-state index in [9.17, 15) is 4.79 Å². The van der Waals surface area contributed by atoms with Gasteiger partial charge in [-0.25, -0.2) is 0 Å². The fourth-order valence-electron chi connectivity index (χ4n) is 2.84. The van der Waals surface area contributed by atoms with E-state index in [0.717, 1.165) is 16.1 Å². The minimum absolute atomic E-state index is 0.00717. The van der Waals surface area contributed by atoms with Crippen molar-refractivity contribution in [3.05, 3.63) is 28.3 Å². The molecule has 1 aromatic carbocycles. The Kier molecular flexibility index (Phi) is 5.35. The number of aryl methyl sites for hydroxylation is 2. The van der Waals surface area contributed by atoms with Gasteiger partial charge in [-0.2, -0.15) is 0 Å². The third-order valence-electron chi connectivity index (χ3n) is 3.80. The first-order valence-corrected chi connectivity index (χ1v) is 8.03. The predicted molar refractivity (Wildman–Crippen MR) is 87.6 cm³/mol. The highest BCUT2D eigenvalue weighted by Gasteiger charge is 2.29. The molecule has 0 saturated carbocycles. The lowest BCUT2D eigenvalue weighted by atomic mass is 10.1. The van der Waals surface area contributed by atoms with Gasteiger partial charge in [0, 0.05) is 18.1 Å². The summed E-state index contributed by atoms with van der Waals surface area (Å²) in [6.07, 6.45) is -0.419. The van der Waals surface area contributed by atoms with Gasteiger partial charge in [-0.05, 0) is 57.9 Å². The molecule has 22 heavy (non-hydrogen) atoms. The maximum Gasteiger partial charge on any atom is 0.263 e. The first-order valence-electron chi connectivity index (χ1n) is 7.65. The number of morpholine rings is 1. The van der Waals surface area contributed by atoms with Crippen molar-refractivity contribution in [1.82, 2.24) is 4.90 Å². The predicted octanol–water partition coefficient (Wildman–Crippen LogP) is 3.36. The van der Waals surface area contributed by atoms with Gasteiger partial charge in [0.05, 0.1) is 12.2 Å². The number of benzene rings is 1. The fraction of sp³-hybridized carbons (Fsp3) is 0.588. The molecule has 0 N–H and O–H groups in total. The van der Waals surface area contributed by atoms with Crippen molar-refractivity contribution in [3.8, 4) is 5.75 Å². The molecule has 0 spiro atoms. The molecule has 0 bridgehead atoms. The van der Waals surface area contributed by atoms with Crippen LogP contribution in [0.4, 0.5) is 0 Å². The Morgan fingerprint density at radius 2 is 1.77 bits per heavy atom. The molecule has 1 aromatic rings. The fourth-order valence-corrected chi connectivity index (χ4v) is 2.95. The second-order valence-corrected chi connectivity index (χ2v) is 6.51. The minimum Gasteiger partial charge on any atom is -0.481 e. The summed E-state index contributed by atoms with van der Waals surface area (Å²) >= 11 is 6.16. The highest BCUT2D eigenvalue weighted by atomic mass is 35.5. The van der Waals surface area contributed by atoms with Gasteiger partial charge in [0.2, 0.25) is 0 Å². The van der Waals surface area contributed by atoms with Gasteiger partial charge < -0.3 is 14.4 Å². The van der Waals surface area contributed by atoms with E-state index in [-0.39, 0.29) is 18.1 Å². The summed E-state index contributed by atoms with van der Waals surface area (Å²) in [6, 6.07) is 3.73. The molecule has 122 valence electrons. The van der Waals surface area contributed by atoms with Crippen LogP contribution in [0.3, 0.4) is 0 Å². The van der Waals surface area contributed by atoms with Crippen LogP contribution in [0.15, 0.2) is 12.1 Å². The summed E-state index contributed by atoms with van der Waals surface area (Å²) < 4.78 is 11.5. The Hall–Kier alpha value is -1.26. The first kappa shape index (κ1) is 17.1. The van der Waals surface area contributed by atoms with E-state index in [1.807, 2.05) is 44.7 Å². The standard InChI is InChI=1S/C17H24ClNO3/c1-10-6-15(7-11(2)16(10)18)22-14(5)17(20)19-8-12(3)21-13(4)9-19/h6-7,12-14H,8-9H2,1-5H3/t12-,13-,14-/m0/s1. The van der Waals surface area contributed by atoms with Crippen LogP contribution in [0.5, 0.6) is 5.75 Å². The largest absolute Gasteiger partial charge is 0.481 e. The van der Waals surface area contributed by atoms with Crippen LogP contribution in [-0.2, 0) is 9.53 Å². The topological polar surface area (TPSA) is 38.8 Å². The maximum absolute atomic E-state index is 12.5. The van der Waals surface area contributed by atoms with E-state index in [1.165, 1.54) is 0 Å². The lowest BCUT2D eigenvalue weighted by Crippen LogP contribution is -2.51. The summed E-state index contributed by atoms with van der Waals surface area (Å²) in [6.45, 7) is 10.8. The number of rotatable bonds is 3. The average molecular weight is 326 g/mol. The second-order valence-electron chi connectivity index (χ2n) is 6.13.